The molecular weight excluding hydrogens is 393 g/mol. The van der Waals surface area contributed by atoms with Gasteiger partial charge in [-0.2, -0.15) is 10.2 Å². The van der Waals surface area contributed by atoms with Gasteiger partial charge in [0.25, 0.3) is 0 Å². The number of likely N-dealkylation sites (tertiary alicyclic amines) is 1. The first-order chi connectivity index (χ1) is 14.5. The van der Waals surface area contributed by atoms with Gasteiger partial charge in [-0.3, -0.25) is 4.90 Å². The number of nitrogens with zero attached hydrogens (tertiary/aromatic N) is 4. The Morgan fingerprint density at radius 1 is 1.07 bits per heavy atom. The number of piperidine rings is 1. The monoisotopic (exact) mass is 412 g/mol. The minimum atomic E-state index is -1.49. The van der Waals surface area contributed by atoms with Gasteiger partial charge in [-0.05, 0) is 61.3 Å². The molecule has 1 aromatic heterocycles. The average molecular weight is 412 g/mol. The zero-order valence-corrected chi connectivity index (χ0v) is 16.1. The van der Waals surface area contributed by atoms with E-state index in [4.69, 9.17) is 9.78 Å². The lowest BCUT2D eigenvalue weighted by molar-refractivity contribution is 0.187. The van der Waals surface area contributed by atoms with Crippen molar-refractivity contribution in [3.8, 4) is 6.07 Å². The van der Waals surface area contributed by atoms with Gasteiger partial charge >= 0.3 is 0 Å². The molecule has 0 atom stereocenters. The number of rotatable bonds is 5. The van der Waals surface area contributed by atoms with Crippen molar-refractivity contribution < 1.29 is 17.7 Å². The molecule has 5 nitrogen and oxygen atoms in total. The lowest BCUT2D eigenvalue weighted by Crippen LogP contribution is -2.32. The number of halogens is 3. The zero-order chi connectivity index (χ0) is 21.1. The van der Waals surface area contributed by atoms with Gasteiger partial charge in [-0.1, -0.05) is 17.3 Å². The van der Waals surface area contributed by atoms with Crippen LogP contribution in [-0.4, -0.2) is 28.1 Å². The molecule has 0 aliphatic carbocycles. The van der Waals surface area contributed by atoms with Gasteiger partial charge < -0.3 is 4.52 Å². The maximum absolute atomic E-state index is 13.4. The highest BCUT2D eigenvalue weighted by atomic mass is 19.2. The molecule has 0 bridgehead atoms. The fourth-order valence-electron chi connectivity index (χ4n) is 3.73. The van der Waals surface area contributed by atoms with E-state index in [9.17, 15) is 13.2 Å². The summed E-state index contributed by atoms with van der Waals surface area (Å²) < 4.78 is 45.2. The second-order valence-electron chi connectivity index (χ2n) is 7.46. The smallest absolute Gasteiger partial charge is 0.229 e. The molecule has 30 heavy (non-hydrogen) atoms. The molecule has 0 radical (unpaired) electrons. The Morgan fingerprint density at radius 2 is 1.80 bits per heavy atom. The zero-order valence-electron chi connectivity index (χ0n) is 16.1. The van der Waals surface area contributed by atoms with Gasteiger partial charge in [0.05, 0.1) is 11.6 Å². The Labute approximate surface area is 171 Å². The van der Waals surface area contributed by atoms with E-state index in [-0.39, 0.29) is 17.9 Å². The summed E-state index contributed by atoms with van der Waals surface area (Å²) in [4.78, 5) is 6.69. The van der Waals surface area contributed by atoms with Gasteiger partial charge in [0.1, 0.15) is 0 Å². The van der Waals surface area contributed by atoms with Crippen LogP contribution in [0.4, 0.5) is 13.2 Å². The molecule has 0 spiro atoms. The van der Waals surface area contributed by atoms with Crippen LogP contribution in [-0.2, 0) is 13.0 Å². The normalized spacial score (nSPS) is 15.3. The van der Waals surface area contributed by atoms with E-state index >= 15 is 0 Å². The number of hydrogen-bond donors (Lipinski definition) is 0. The van der Waals surface area contributed by atoms with Gasteiger partial charge in [-0.15, -0.1) is 0 Å². The second-order valence-corrected chi connectivity index (χ2v) is 7.46. The quantitative estimate of drug-likeness (QED) is 0.584. The van der Waals surface area contributed by atoms with Crippen molar-refractivity contribution in [2.24, 2.45) is 0 Å². The molecule has 0 saturated carbocycles. The molecule has 1 saturated heterocycles. The van der Waals surface area contributed by atoms with Crippen molar-refractivity contribution in [1.82, 2.24) is 15.0 Å². The maximum atomic E-state index is 13.4. The van der Waals surface area contributed by atoms with Crippen LogP contribution in [0, 0.1) is 28.8 Å². The number of benzene rings is 2. The fourth-order valence-corrected chi connectivity index (χ4v) is 3.73. The van der Waals surface area contributed by atoms with E-state index in [1.54, 1.807) is 6.07 Å². The van der Waals surface area contributed by atoms with Crippen LogP contribution in [0.3, 0.4) is 0 Å². The Bertz CT molecular complexity index is 1060. The summed E-state index contributed by atoms with van der Waals surface area (Å²) >= 11 is 0. The molecular formula is C22H19F3N4O. The van der Waals surface area contributed by atoms with Crippen molar-refractivity contribution in [2.45, 2.75) is 31.7 Å². The largest absolute Gasteiger partial charge is 0.339 e. The number of nitriles is 1. The van der Waals surface area contributed by atoms with Crippen LogP contribution in [0.15, 0.2) is 40.9 Å². The second kappa shape index (κ2) is 8.67. The van der Waals surface area contributed by atoms with Crippen molar-refractivity contribution in [3.05, 3.63) is 82.3 Å². The average Bonchev–Trinajstić information content (AvgIpc) is 3.21. The minimum absolute atomic E-state index is 0.0612. The summed E-state index contributed by atoms with van der Waals surface area (Å²) in [6.07, 6.45) is 1.75. The van der Waals surface area contributed by atoms with E-state index in [0.717, 1.165) is 50.2 Å². The van der Waals surface area contributed by atoms with E-state index in [1.165, 1.54) is 0 Å². The van der Waals surface area contributed by atoms with Gasteiger partial charge in [-0.25, -0.2) is 13.2 Å². The first-order valence-electron chi connectivity index (χ1n) is 9.69. The molecule has 8 heteroatoms. The summed E-state index contributed by atoms with van der Waals surface area (Å²) in [5.74, 6) is -3.01. The Balaban J connectivity index is 1.34. The van der Waals surface area contributed by atoms with Crippen LogP contribution >= 0.6 is 0 Å². The molecule has 1 fully saturated rings. The summed E-state index contributed by atoms with van der Waals surface area (Å²) in [6.45, 7) is 2.49. The lowest BCUT2D eigenvalue weighted by Gasteiger charge is -2.30. The molecule has 0 N–H and O–H groups in total. The third-order valence-corrected chi connectivity index (χ3v) is 5.29. The molecule has 0 unspecified atom stereocenters. The SMILES string of the molecule is N#Cc1cccc(CN2CCC(c3nc(Cc4cc(F)c(F)c(F)c4)no3)CC2)c1. The third-order valence-electron chi connectivity index (χ3n) is 5.29. The molecule has 1 aliphatic rings. The highest BCUT2D eigenvalue weighted by molar-refractivity contribution is 5.32. The van der Waals surface area contributed by atoms with E-state index in [2.05, 4.69) is 21.1 Å². The van der Waals surface area contributed by atoms with Crippen LogP contribution < -0.4 is 0 Å². The highest BCUT2D eigenvalue weighted by Gasteiger charge is 2.25. The Morgan fingerprint density at radius 3 is 2.50 bits per heavy atom. The summed E-state index contributed by atoms with van der Waals surface area (Å²) in [5.41, 5.74) is 2.00. The Kier molecular flexibility index (Phi) is 5.81. The topological polar surface area (TPSA) is 66.0 Å². The van der Waals surface area contributed by atoms with E-state index < -0.39 is 17.5 Å². The minimum Gasteiger partial charge on any atom is -0.339 e. The summed E-state index contributed by atoms with van der Waals surface area (Å²) in [6, 6.07) is 11.6. The predicted molar refractivity (Wildman–Crippen MR) is 102 cm³/mol. The number of aromatic nitrogens is 2. The first kappa shape index (κ1) is 20.1. The van der Waals surface area contributed by atoms with Crippen molar-refractivity contribution >= 4 is 0 Å². The molecule has 4 rings (SSSR count). The lowest BCUT2D eigenvalue weighted by atomic mass is 9.96. The highest BCUT2D eigenvalue weighted by Crippen LogP contribution is 2.28. The van der Waals surface area contributed by atoms with Crippen LogP contribution in [0.25, 0.3) is 0 Å². The van der Waals surface area contributed by atoms with Gasteiger partial charge in [0, 0.05) is 18.9 Å². The molecule has 3 aromatic rings. The molecule has 0 amide bonds. The standard InChI is InChI=1S/C22H19F3N4O/c23-18-9-16(10-19(24)21(18)25)11-20-27-22(30-28-20)17-4-6-29(7-5-17)13-15-3-1-2-14(8-15)12-26/h1-3,8-10,17H,4-7,11,13H2. The van der Waals surface area contributed by atoms with Crippen LogP contribution in [0.5, 0.6) is 0 Å². The third kappa shape index (κ3) is 4.52. The van der Waals surface area contributed by atoms with Crippen molar-refractivity contribution in [3.63, 3.8) is 0 Å². The first-order valence-corrected chi connectivity index (χ1v) is 9.69. The van der Waals surface area contributed by atoms with Crippen molar-refractivity contribution in [1.29, 1.82) is 5.26 Å². The van der Waals surface area contributed by atoms with E-state index in [1.807, 2.05) is 18.2 Å². The van der Waals surface area contributed by atoms with Gasteiger partial charge in [0.2, 0.25) is 5.89 Å². The summed E-state index contributed by atoms with van der Waals surface area (Å²) in [7, 11) is 0. The van der Waals surface area contributed by atoms with Crippen molar-refractivity contribution in [2.75, 3.05) is 13.1 Å². The molecule has 1 aliphatic heterocycles. The molecule has 154 valence electrons. The van der Waals surface area contributed by atoms with E-state index in [0.29, 0.717) is 17.3 Å². The number of hydrogen-bond acceptors (Lipinski definition) is 5. The van der Waals surface area contributed by atoms with Gasteiger partial charge in [0.15, 0.2) is 23.3 Å². The maximum Gasteiger partial charge on any atom is 0.229 e. The molecule has 2 aromatic carbocycles. The fraction of sp³-hybridized carbons (Fsp3) is 0.318. The predicted octanol–water partition coefficient (Wildman–Crippen LogP) is 4.33. The Hall–Kier alpha value is -3.18. The van der Waals surface area contributed by atoms with Crippen LogP contribution in [0.2, 0.25) is 0 Å². The molecule has 2 heterocycles. The van der Waals surface area contributed by atoms with Crippen LogP contribution in [0.1, 0.15) is 47.2 Å². The summed E-state index contributed by atoms with van der Waals surface area (Å²) in [5, 5.41) is 12.9.